The summed E-state index contributed by atoms with van der Waals surface area (Å²) in [4.78, 5) is 37.8. The molecule has 12 heteroatoms. The molecule has 6 aromatic rings. The molecule has 0 aliphatic carbocycles. The SMILES string of the molecule is COc1ccc(Nc2ccc(-c3ccc(C=NOC(=O)/C=C\C(=O)N(c4ccc(-c5ccc(C=NO)cc5)cc4)c4ccc(OC)c(CCCN(C)C)c4)cc3)cc2)cc1CCCN(C)C. The summed E-state index contributed by atoms with van der Waals surface area (Å²) in [5, 5.41) is 19.4. The topological polar surface area (TPSA) is 129 Å². The lowest BCUT2D eigenvalue weighted by Gasteiger charge is -2.23. The van der Waals surface area contributed by atoms with E-state index in [0.717, 1.165) is 107 Å². The molecule has 0 heterocycles. The molecule has 12 nitrogen and oxygen atoms in total. The van der Waals surface area contributed by atoms with Crippen molar-refractivity contribution in [2.75, 3.05) is 65.7 Å². The van der Waals surface area contributed by atoms with Gasteiger partial charge in [0.15, 0.2) is 0 Å². The predicted molar refractivity (Wildman–Crippen MR) is 266 cm³/mol. The van der Waals surface area contributed by atoms with Crippen LogP contribution in [0.1, 0.15) is 35.1 Å². The Kier molecular flexibility index (Phi) is 17.4. The number of oxime groups is 2. The van der Waals surface area contributed by atoms with Crippen molar-refractivity contribution in [1.29, 1.82) is 0 Å². The van der Waals surface area contributed by atoms with E-state index < -0.39 is 11.9 Å². The van der Waals surface area contributed by atoms with Gasteiger partial charge in [-0.25, -0.2) is 4.79 Å². The van der Waals surface area contributed by atoms with Gasteiger partial charge in [-0.1, -0.05) is 83.1 Å². The normalized spacial score (nSPS) is 11.5. The quantitative estimate of drug-likeness (QED) is 0.0239. The third kappa shape index (κ3) is 13.7. The van der Waals surface area contributed by atoms with Crippen LogP contribution in [0.2, 0.25) is 0 Å². The second kappa shape index (κ2) is 23.9. The Morgan fingerprint density at radius 3 is 1.58 bits per heavy atom. The van der Waals surface area contributed by atoms with Gasteiger partial charge in [0, 0.05) is 34.9 Å². The van der Waals surface area contributed by atoms with Crippen LogP contribution < -0.4 is 19.7 Å². The molecule has 1 amide bonds. The number of aryl methyl sites for hydroxylation is 2. The van der Waals surface area contributed by atoms with Gasteiger partial charge in [-0.05, 0) is 172 Å². The largest absolute Gasteiger partial charge is 0.496 e. The van der Waals surface area contributed by atoms with Gasteiger partial charge < -0.3 is 34.6 Å². The fraction of sp³-hybridized carbons (Fsp3) is 0.222. The Morgan fingerprint density at radius 1 is 0.576 bits per heavy atom. The summed E-state index contributed by atoms with van der Waals surface area (Å²) < 4.78 is 11.3. The fourth-order valence-corrected chi connectivity index (χ4v) is 7.42. The molecule has 0 aliphatic heterocycles. The zero-order valence-electron chi connectivity index (χ0n) is 38.5. The molecule has 2 N–H and O–H groups in total. The molecule has 6 rings (SSSR count). The Morgan fingerprint density at radius 2 is 1.05 bits per heavy atom. The molecule has 0 bridgehead atoms. The second-order valence-corrected chi connectivity index (χ2v) is 16.2. The molecule has 0 saturated carbocycles. The number of methoxy groups -OCH3 is 2. The van der Waals surface area contributed by atoms with E-state index in [9.17, 15) is 9.59 Å². The van der Waals surface area contributed by atoms with Crippen molar-refractivity contribution < 1.29 is 29.1 Å². The Bertz CT molecular complexity index is 2610. The van der Waals surface area contributed by atoms with Gasteiger partial charge in [-0.3, -0.25) is 9.69 Å². The first-order valence-corrected chi connectivity index (χ1v) is 21.8. The van der Waals surface area contributed by atoms with E-state index in [1.165, 1.54) is 24.1 Å². The van der Waals surface area contributed by atoms with Gasteiger partial charge in [0.05, 0.1) is 26.6 Å². The average Bonchev–Trinajstić information content (AvgIpc) is 3.32. The third-order valence-corrected chi connectivity index (χ3v) is 10.8. The number of benzene rings is 6. The number of ether oxygens (including phenoxy) is 2. The summed E-state index contributed by atoms with van der Waals surface area (Å²) in [5.74, 6) is 0.370. The standard InChI is InChI=1S/C54H58N6O6/c1-58(2)33-7-9-45-35-48(25-29-51(45)64-5)57-47-23-19-43(20-24-47)41-17-13-40(14-18-41)38-56-66-54(62)32-31-53(61)60(50-28-30-52(65-6)46(36-50)10-8-34-59(3)4)49-26-21-44(22-27-49)42-15-11-39(12-16-42)37-55-63/h11-32,35-38,57,63H,7-10,33-34H2,1-6H3/b32-31-,55-37?,56-38?. The van der Waals surface area contributed by atoms with Gasteiger partial charge in [0.2, 0.25) is 0 Å². The highest BCUT2D eigenvalue weighted by molar-refractivity contribution is 6.09. The van der Waals surface area contributed by atoms with Gasteiger partial charge in [0.1, 0.15) is 11.5 Å². The van der Waals surface area contributed by atoms with E-state index in [2.05, 4.69) is 57.7 Å². The number of nitrogens with one attached hydrogen (secondary N) is 1. The Labute approximate surface area is 388 Å². The molecule has 340 valence electrons. The van der Waals surface area contributed by atoms with Crippen LogP contribution in [0.4, 0.5) is 22.7 Å². The van der Waals surface area contributed by atoms with Crippen molar-refractivity contribution in [3.63, 3.8) is 0 Å². The number of nitrogens with zero attached hydrogens (tertiary/aromatic N) is 5. The summed E-state index contributed by atoms with van der Waals surface area (Å²) in [6, 6.07) is 42.9. The van der Waals surface area contributed by atoms with Crippen molar-refractivity contribution >= 4 is 47.1 Å². The van der Waals surface area contributed by atoms with Crippen LogP contribution >= 0.6 is 0 Å². The van der Waals surface area contributed by atoms with Crippen LogP contribution in [-0.2, 0) is 27.3 Å². The molecular formula is C54H58N6O6. The van der Waals surface area contributed by atoms with Crippen LogP contribution in [0.5, 0.6) is 11.5 Å². The highest BCUT2D eigenvalue weighted by Gasteiger charge is 2.19. The lowest BCUT2D eigenvalue weighted by atomic mass is 10.0. The molecule has 6 aromatic carbocycles. The minimum Gasteiger partial charge on any atom is -0.496 e. The highest BCUT2D eigenvalue weighted by atomic mass is 16.7. The molecule has 0 unspecified atom stereocenters. The van der Waals surface area contributed by atoms with Crippen molar-refractivity contribution in [1.82, 2.24) is 9.80 Å². The van der Waals surface area contributed by atoms with Crippen molar-refractivity contribution in [2.45, 2.75) is 25.7 Å². The number of carbonyl (C=O) groups excluding carboxylic acids is 2. The molecule has 0 aromatic heterocycles. The lowest BCUT2D eigenvalue weighted by Crippen LogP contribution is -2.24. The summed E-state index contributed by atoms with van der Waals surface area (Å²) in [7, 11) is 11.6. The Balaban J connectivity index is 1.10. The van der Waals surface area contributed by atoms with Crippen LogP contribution in [0.15, 0.2) is 156 Å². The number of carbonyl (C=O) groups is 2. The van der Waals surface area contributed by atoms with Crippen molar-refractivity contribution in [2.24, 2.45) is 10.3 Å². The number of rotatable bonds is 21. The number of amides is 1. The first-order chi connectivity index (χ1) is 32.0. The maximum absolute atomic E-state index is 14.0. The monoisotopic (exact) mass is 886 g/mol. The van der Waals surface area contributed by atoms with E-state index in [1.807, 2.05) is 129 Å². The zero-order valence-corrected chi connectivity index (χ0v) is 38.5. The molecule has 0 fully saturated rings. The maximum atomic E-state index is 14.0. The second-order valence-electron chi connectivity index (χ2n) is 16.2. The first-order valence-electron chi connectivity index (χ1n) is 21.8. The summed E-state index contributed by atoms with van der Waals surface area (Å²) in [6.07, 6.45) is 8.68. The summed E-state index contributed by atoms with van der Waals surface area (Å²) >= 11 is 0. The van der Waals surface area contributed by atoms with E-state index in [0.29, 0.717) is 11.4 Å². The van der Waals surface area contributed by atoms with Gasteiger partial charge in [0.25, 0.3) is 5.91 Å². The van der Waals surface area contributed by atoms with Crippen molar-refractivity contribution in [3.05, 3.63) is 168 Å². The van der Waals surface area contributed by atoms with Crippen LogP contribution in [0, 0.1) is 0 Å². The molecule has 0 saturated heterocycles. The summed E-state index contributed by atoms with van der Waals surface area (Å²) in [5.41, 5.74) is 10.8. The fourth-order valence-electron chi connectivity index (χ4n) is 7.42. The molecule has 0 aliphatic rings. The average molecular weight is 887 g/mol. The number of hydrogen-bond acceptors (Lipinski definition) is 11. The molecule has 0 radical (unpaired) electrons. The minimum atomic E-state index is -0.802. The van der Waals surface area contributed by atoms with Crippen LogP contribution in [0.3, 0.4) is 0 Å². The van der Waals surface area contributed by atoms with Crippen LogP contribution in [-0.4, -0.2) is 94.8 Å². The molecule has 0 atom stereocenters. The smallest absolute Gasteiger partial charge is 0.358 e. The minimum absolute atomic E-state index is 0.457. The predicted octanol–water partition coefficient (Wildman–Crippen LogP) is 10.4. The van der Waals surface area contributed by atoms with E-state index in [4.69, 9.17) is 19.5 Å². The zero-order chi connectivity index (χ0) is 46.8. The maximum Gasteiger partial charge on any atom is 0.358 e. The number of hydrogen-bond donors (Lipinski definition) is 2. The van der Waals surface area contributed by atoms with Gasteiger partial charge in [-0.2, -0.15) is 0 Å². The van der Waals surface area contributed by atoms with E-state index >= 15 is 0 Å². The molecule has 0 spiro atoms. The lowest BCUT2D eigenvalue weighted by molar-refractivity contribution is -0.137. The molecular weight excluding hydrogens is 829 g/mol. The van der Waals surface area contributed by atoms with Crippen molar-refractivity contribution in [3.8, 4) is 33.8 Å². The van der Waals surface area contributed by atoms with E-state index in [-0.39, 0.29) is 0 Å². The summed E-state index contributed by atoms with van der Waals surface area (Å²) in [6.45, 7) is 1.90. The highest BCUT2D eigenvalue weighted by Crippen LogP contribution is 2.33. The number of anilines is 4. The van der Waals surface area contributed by atoms with Gasteiger partial charge >= 0.3 is 5.97 Å². The third-order valence-electron chi connectivity index (χ3n) is 10.8. The van der Waals surface area contributed by atoms with E-state index in [1.54, 1.807) is 19.1 Å². The van der Waals surface area contributed by atoms with Gasteiger partial charge in [-0.15, -0.1) is 0 Å². The Hall–Kier alpha value is -7.54. The first kappa shape index (κ1) is 47.9. The molecule has 66 heavy (non-hydrogen) atoms. The van der Waals surface area contributed by atoms with Crippen LogP contribution in [0.25, 0.3) is 22.3 Å².